The number of likely N-dealkylation sites (tertiary alicyclic amines) is 1. The second kappa shape index (κ2) is 7.21. The van der Waals surface area contributed by atoms with E-state index in [0.717, 1.165) is 36.9 Å². The molecular weight excluding hydrogens is 334 g/mol. The average Bonchev–Trinajstić information content (AvgIpc) is 2.61. The fourth-order valence-corrected chi connectivity index (χ4v) is 3.63. The molecule has 3 heterocycles. The lowest BCUT2D eigenvalue weighted by molar-refractivity contribution is -0.142. The van der Waals surface area contributed by atoms with E-state index in [1.54, 1.807) is 11.1 Å². The Balaban J connectivity index is 1.54. The summed E-state index contributed by atoms with van der Waals surface area (Å²) in [6.45, 7) is 1.86. The number of amides is 1. The minimum Gasteiger partial charge on any atom is -0.356 e. The Hall–Kier alpha value is -1.44. The molecule has 0 N–H and O–H groups in total. The molecular formula is C16H22F2N4OS. The van der Waals surface area contributed by atoms with E-state index in [2.05, 4.69) is 14.9 Å². The second-order valence-electron chi connectivity index (χ2n) is 6.34. The van der Waals surface area contributed by atoms with Crippen molar-refractivity contribution in [2.45, 2.75) is 36.8 Å². The second-order valence-corrected chi connectivity index (χ2v) is 7.12. The summed E-state index contributed by atoms with van der Waals surface area (Å²) in [7, 11) is 0. The van der Waals surface area contributed by atoms with Gasteiger partial charge in [-0.3, -0.25) is 4.79 Å². The van der Waals surface area contributed by atoms with Crippen LogP contribution in [0.2, 0.25) is 0 Å². The third-order valence-electron chi connectivity index (χ3n) is 4.78. The first-order chi connectivity index (χ1) is 11.5. The molecule has 0 radical (unpaired) electrons. The van der Waals surface area contributed by atoms with E-state index in [4.69, 9.17) is 0 Å². The first kappa shape index (κ1) is 17.4. The Morgan fingerprint density at radius 2 is 1.92 bits per heavy atom. The molecule has 0 aromatic carbocycles. The maximum absolute atomic E-state index is 13.2. The van der Waals surface area contributed by atoms with Gasteiger partial charge in [-0.1, -0.05) is 11.8 Å². The Morgan fingerprint density at radius 1 is 1.25 bits per heavy atom. The van der Waals surface area contributed by atoms with Crippen molar-refractivity contribution in [3.63, 3.8) is 0 Å². The minimum absolute atomic E-state index is 0.0395. The molecule has 0 aliphatic carbocycles. The number of halogens is 2. The van der Waals surface area contributed by atoms with Crippen molar-refractivity contribution in [2.75, 3.05) is 37.3 Å². The third kappa shape index (κ3) is 3.96. The number of thioether (sulfide) groups is 1. The van der Waals surface area contributed by atoms with Gasteiger partial charge < -0.3 is 9.80 Å². The molecule has 2 aliphatic heterocycles. The number of alkyl halides is 2. The van der Waals surface area contributed by atoms with Crippen LogP contribution in [0.25, 0.3) is 0 Å². The highest BCUT2D eigenvalue weighted by Gasteiger charge is 2.37. The van der Waals surface area contributed by atoms with E-state index in [1.807, 2.05) is 12.3 Å². The molecule has 0 atom stereocenters. The molecule has 2 saturated heterocycles. The number of carbonyl (C=O) groups is 1. The Labute approximate surface area is 144 Å². The van der Waals surface area contributed by atoms with Gasteiger partial charge in [0.1, 0.15) is 5.82 Å². The monoisotopic (exact) mass is 356 g/mol. The lowest BCUT2D eigenvalue weighted by Gasteiger charge is -2.37. The lowest BCUT2D eigenvalue weighted by atomic mass is 9.94. The highest BCUT2D eigenvalue weighted by Crippen LogP contribution is 2.30. The van der Waals surface area contributed by atoms with E-state index in [1.165, 1.54) is 11.8 Å². The van der Waals surface area contributed by atoms with Crippen molar-refractivity contribution < 1.29 is 13.6 Å². The number of hydrogen-bond acceptors (Lipinski definition) is 5. The van der Waals surface area contributed by atoms with Gasteiger partial charge in [0.05, 0.1) is 0 Å². The number of aromatic nitrogens is 2. The zero-order chi connectivity index (χ0) is 17.2. The maximum atomic E-state index is 13.2. The number of rotatable bonds is 3. The van der Waals surface area contributed by atoms with Gasteiger partial charge in [0.15, 0.2) is 5.16 Å². The fourth-order valence-electron chi connectivity index (χ4n) is 3.27. The summed E-state index contributed by atoms with van der Waals surface area (Å²) >= 11 is 1.50. The molecule has 1 aromatic rings. The molecule has 24 heavy (non-hydrogen) atoms. The summed E-state index contributed by atoms with van der Waals surface area (Å²) in [6, 6.07) is 1.88. The predicted octanol–water partition coefficient (Wildman–Crippen LogP) is 2.67. The van der Waals surface area contributed by atoms with Crippen LogP contribution in [0.4, 0.5) is 14.6 Å². The topological polar surface area (TPSA) is 49.3 Å². The van der Waals surface area contributed by atoms with Crippen LogP contribution in [0.15, 0.2) is 17.4 Å². The summed E-state index contributed by atoms with van der Waals surface area (Å²) in [5, 5.41) is 0.736. The smallest absolute Gasteiger partial charge is 0.251 e. The zero-order valence-electron chi connectivity index (χ0n) is 13.8. The number of piperidine rings is 2. The van der Waals surface area contributed by atoms with Crippen LogP contribution in [0.1, 0.15) is 25.7 Å². The molecule has 0 spiro atoms. The summed E-state index contributed by atoms with van der Waals surface area (Å²) in [5.74, 6) is -1.74. The van der Waals surface area contributed by atoms with Crippen molar-refractivity contribution in [3.05, 3.63) is 12.3 Å². The highest BCUT2D eigenvalue weighted by molar-refractivity contribution is 7.98. The van der Waals surface area contributed by atoms with E-state index in [9.17, 15) is 13.6 Å². The minimum atomic E-state index is -2.61. The normalized spacial score (nSPS) is 21.8. The molecule has 0 saturated carbocycles. The SMILES string of the molecule is CSc1nccc(N2CCC(C(=O)N3CCC(F)(F)CC3)CC2)n1. The molecule has 2 aliphatic rings. The largest absolute Gasteiger partial charge is 0.356 e. The zero-order valence-corrected chi connectivity index (χ0v) is 14.6. The van der Waals surface area contributed by atoms with Gasteiger partial charge in [-0.25, -0.2) is 18.7 Å². The lowest BCUT2D eigenvalue weighted by Crippen LogP contribution is -2.47. The molecule has 132 valence electrons. The molecule has 2 fully saturated rings. The van der Waals surface area contributed by atoms with Crippen LogP contribution < -0.4 is 4.90 Å². The number of nitrogens with zero attached hydrogens (tertiary/aromatic N) is 4. The van der Waals surface area contributed by atoms with Gasteiger partial charge in [-0.2, -0.15) is 0 Å². The first-order valence-electron chi connectivity index (χ1n) is 8.27. The summed E-state index contributed by atoms with van der Waals surface area (Å²) in [4.78, 5) is 25.0. The van der Waals surface area contributed by atoms with Gasteiger partial charge in [0.25, 0.3) is 5.92 Å². The van der Waals surface area contributed by atoms with Crippen LogP contribution in [0.3, 0.4) is 0 Å². The maximum Gasteiger partial charge on any atom is 0.251 e. The first-order valence-corrected chi connectivity index (χ1v) is 9.49. The Bertz CT molecular complexity index is 583. The van der Waals surface area contributed by atoms with Gasteiger partial charge in [0.2, 0.25) is 5.91 Å². The van der Waals surface area contributed by atoms with Crippen LogP contribution in [0.5, 0.6) is 0 Å². The van der Waals surface area contributed by atoms with Crippen LogP contribution in [-0.2, 0) is 4.79 Å². The highest BCUT2D eigenvalue weighted by atomic mass is 32.2. The van der Waals surface area contributed by atoms with Gasteiger partial charge in [-0.05, 0) is 25.2 Å². The molecule has 0 unspecified atom stereocenters. The van der Waals surface area contributed by atoms with Crippen LogP contribution in [0, 0.1) is 5.92 Å². The third-order valence-corrected chi connectivity index (χ3v) is 5.34. The van der Waals surface area contributed by atoms with E-state index in [-0.39, 0.29) is 37.8 Å². The van der Waals surface area contributed by atoms with Crippen molar-refractivity contribution in [1.82, 2.24) is 14.9 Å². The molecule has 3 rings (SSSR count). The molecule has 0 bridgehead atoms. The average molecular weight is 356 g/mol. The standard InChI is InChI=1S/C16H22F2N4OS/c1-24-15-19-7-2-13(20-15)21-8-3-12(4-9-21)14(23)22-10-5-16(17,18)6-11-22/h2,7,12H,3-6,8-11H2,1H3. The van der Waals surface area contributed by atoms with Crippen molar-refractivity contribution in [1.29, 1.82) is 0 Å². The van der Waals surface area contributed by atoms with Crippen molar-refractivity contribution >= 4 is 23.5 Å². The summed E-state index contributed by atoms with van der Waals surface area (Å²) in [5.41, 5.74) is 0. The Kier molecular flexibility index (Phi) is 5.22. The number of hydrogen-bond donors (Lipinski definition) is 0. The molecule has 8 heteroatoms. The number of anilines is 1. The fraction of sp³-hybridized carbons (Fsp3) is 0.688. The summed E-state index contributed by atoms with van der Waals surface area (Å²) < 4.78 is 26.5. The van der Waals surface area contributed by atoms with E-state index >= 15 is 0 Å². The van der Waals surface area contributed by atoms with Gasteiger partial charge in [0, 0.05) is 51.1 Å². The van der Waals surface area contributed by atoms with E-state index < -0.39 is 5.92 Å². The number of carbonyl (C=O) groups excluding carboxylic acids is 1. The van der Waals surface area contributed by atoms with Crippen molar-refractivity contribution in [3.8, 4) is 0 Å². The quantitative estimate of drug-likeness (QED) is 0.616. The molecule has 1 amide bonds. The van der Waals surface area contributed by atoms with Gasteiger partial charge in [-0.15, -0.1) is 0 Å². The molecule has 1 aromatic heterocycles. The predicted molar refractivity (Wildman–Crippen MR) is 89.5 cm³/mol. The van der Waals surface area contributed by atoms with Crippen molar-refractivity contribution in [2.24, 2.45) is 5.92 Å². The molecule has 5 nitrogen and oxygen atoms in total. The Morgan fingerprint density at radius 3 is 2.54 bits per heavy atom. The van der Waals surface area contributed by atoms with Gasteiger partial charge >= 0.3 is 0 Å². The van der Waals surface area contributed by atoms with Crippen LogP contribution >= 0.6 is 11.8 Å². The summed E-state index contributed by atoms with van der Waals surface area (Å²) in [6.07, 6.45) is 4.74. The van der Waals surface area contributed by atoms with Crippen LogP contribution in [-0.4, -0.2) is 59.1 Å². The van der Waals surface area contributed by atoms with E-state index in [0.29, 0.717) is 0 Å².